The van der Waals surface area contributed by atoms with Crippen molar-refractivity contribution in [2.24, 2.45) is 0 Å². The third-order valence-electron chi connectivity index (χ3n) is 3.69. The van der Waals surface area contributed by atoms with Crippen LogP contribution in [0.15, 0.2) is 60.5 Å². The number of carbonyl (C=O) groups is 1. The van der Waals surface area contributed by atoms with E-state index in [1.165, 1.54) is 18.1 Å². The number of carbonyl (C=O) groups excluding carboxylic acids is 1. The number of thioether (sulfide) groups is 1. The van der Waals surface area contributed by atoms with Gasteiger partial charge in [0.05, 0.1) is 11.6 Å². The van der Waals surface area contributed by atoms with Crippen LogP contribution in [0.3, 0.4) is 0 Å². The minimum absolute atomic E-state index is 0.141. The SMILES string of the molecule is CSc1ncc(C(=O)NC(CCn2cncn2)c2ccccc2)cn1. The number of aromatic nitrogens is 5. The molecule has 1 aromatic carbocycles. The number of rotatable bonds is 7. The van der Waals surface area contributed by atoms with Gasteiger partial charge in [0, 0.05) is 18.9 Å². The third kappa shape index (κ3) is 4.63. The fraction of sp³-hybridized carbons (Fsp3) is 0.235. The highest BCUT2D eigenvalue weighted by Gasteiger charge is 2.16. The van der Waals surface area contributed by atoms with Gasteiger partial charge in [-0.2, -0.15) is 5.10 Å². The van der Waals surface area contributed by atoms with Crippen LogP contribution in [-0.4, -0.2) is 36.9 Å². The van der Waals surface area contributed by atoms with E-state index in [1.807, 2.05) is 36.6 Å². The Kier molecular flexibility index (Phi) is 5.73. The van der Waals surface area contributed by atoms with Gasteiger partial charge in [0.2, 0.25) is 0 Å². The standard InChI is InChI=1S/C17H18N6OS/c1-25-17-19-9-14(10-20-17)16(24)22-15(13-5-3-2-4-6-13)7-8-23-12-18-11-21-23/h2-6,9-12,15H,7-8H2,1H3,(H,22,24). The molecule has 0 aliphatic heterocycles. The molecule has 0 spiro atoms. The lowest BCUT2D eigenvalue weighted by atomic mass is 10.0. The van der Waals surface area contributed by atoms with Gasteiger partial charge in [-0.1, -0.05) is 42.1 Å². The third-order valence-corrected chi connectivity index (χ3v) is 4.27. The number of nitrogens with one attached hydrogen (secondary N) is 1. The molecule has 1 unspecified atom stereocenters. The van der Waals surface area contributed by atoms with Crippen molar-refractivity contribution in [3.8, 4) is 0 Å². The summed E-state index contributed by atoms with van der Waals surface area (Å²) >= 11 is 1.44. The summed E-state index contributed by atoms with van der Waals surface area (Å²) in [5.74, 6) is -0.194. The van der Waals surface area contributed by atoms with Crippen molar-refractivity contribution in [2.45, 2.75) is 24.2 Å². The van der Waals surface area contributed by atoms with E-state index in [4.69, 9.17) is 0 Å². The molecular formula is C17H18N6OS. The number of hydrogen-bond donors (Lipinski definition) is 1. The van der Waals surface area contributed by atoms with Crippen LogP contribution in [0.5, 0.6) is 0 Å². The molecule has 7 nitrogen and oxygen atoms in total. The molecule has 3 rings (SSSR count). The van der Waals surface area contributed by atoms with Gasteiger partial charge in [-0.05, 0) is 18.2 Å². The predicted octanol–water partition coefficient (Wildman–Crippen LogP) is 2.35. The maximum atomic E-state index is 12.6. The van der Waals surface area contributed by atoms with E-state index < -0.39 is 0 Å². The van der Waals surface area contributed by atoms with Crippen LogP contribution in [0, 0.1) is 0 Å². The average molecular weight is 354 g/mol. The Balaban J connectivity index is 1.72. The molecule has 1 amide bonds. The normalized spacial score (nSPS) is 11.9. The first-order valence-corrected chi connectivity index (χ1v) is 9.03. The Morgan fingerprint density at radius 1 is 1.24 bits per heavy atom. The summed E-state index contributed by atoms with van der Waals surface area (Å²) in [6.45, 7) is 0.655. The number of aryl methyl sites for hydroxylation is 1. The molecule has 25 heavy (non-hydrogen) atoms. The molecule has 0 fully saturated rings. The van der Waals surface area contributed by atoms with Gasteiger partial charge in [0.15, 0.2) is 5.16 Å². The zero-order valence-electron chi connectivity index (χ0n) is 13.7. The molecule has 0 aliphatic carbocycles. The van der Waals surface area contributed by atoms with Gasteiger partial charge in [-0.3, -0.25) is 9.48 Å². The maximum Gasteiger partial charge on any atom is 0.254 e. The van der Waals surface area contributed by atoms with Gasteiger partial charge in [0.25, 0.3) is 5.91 Å². The van der Waals surface area contributed by atoms with Crippen LogP contribution in [0.4, 0.5) is 0 Å². The van der Waals surface area contributed by atoms with Crippen LogP contribution in [0.25, 0.3) is 0 Å². The lowest BCUT2D eigenvalue weighted by molar-refractivity contribution is 0.0932. The summed E-state index contributed by atoms with van der Waals surface area (Å²) in [6.07, 6.45) is 8.86. The summed E-state index contributed by atoms with van der Waals surface area (Å²) < 4.78 is 1.75. The molecule has 8 heteroatoms. The predicted molar refractivity (Wildman–Crippen MR) is 95.1 cm³/mol. The number of hydrogen-bond acceptors (Lipinski definition) is 6. The molecule has 0 bridgehead atoms. The highest BCUT2D eigenvalue weighted by Crippen LogP contribution is 2.18. The monoisotopic (exact) mass is 354 g/mol. The first kappa shape index (κ1) is 17.1. The van der Waals surface area contributed by atoms with Gasteiger partial charge in [-0.15, -0.1) is 0 Å². The molecule has 1 N–H and O–H groups in total. The molecule has 0 radical (unpaired) electrons. The van der Waals surface area contributed by atoms with E-state index in [9.17, 15) is 4.79 Å². The number of benzene rings is 1. The minimum Gasteiger partial charge on any atom is -0.345 e. The number of nitrogens with zero attached hydrogens (tertiary/aromatic N) is 5. The zero-order chi connectivity index (χ0) is 17.5. The van der Waals surface area contributed by atoms with Crippen LogP contribution in [0.1, 0.15) is 28.4 Å². The first-order chi connectivity index (χ1) is 12.3. The van der Waals surface area contributed by atoms with Crippen LogP contribution < -0.4 is 5.32 Å². The molecular weight excluding hydrogens is 336 g/mol. The molecule has 128 valence electrons. The molecule has 0 aliphatic rings. The van der Waals surface area contributed by atoms with Crippen molar-refractivity contribution >= 4 is 17.7 Å². The quantitative estimate of drug-likeness (QED) is 0.518. The number of amides is 1. The Labute approximate surface area is 149 Å². The smallest absolute Gasteiger partial charge is 0.254 e. The molecule has 3 aromatic rings. The van der Waals surface area contributed by atoms with E-state index in [-0.39, 0.29) is 11.9 Å². The summed E-state index contributed by atoms with van der Waals surface area (Å²) in [7, 11) is 0. The van der Waals surface area contributed by atoms with E-state index >= 15 is 0 Å². The largest absolute Gasteiger partial charge is 0.345 e. The van der Waals surface area contributed by atoms with Crippen LogP contribution in [0.2, 0.25) is 0 Å². The zero-order valence-corrected chi connectivity index (χ0v) is 14.6. The average Bonchev–Trinajstić information content (AvgIpc) is 3.19. The molecule has 1 atom stereocenters. The van der Waals surface area contributed by atoms with Gasteiger partial charge < -0.3 is 5.32 Å². The van der Waals surface area contributed by atoms with E-state index in [2.05, 4.69) is 25.4 Å². The van der Waals surface area contributed by atoms with Gasteiger partial charge >= 0.3 is 0 Å². The second-order valence-electron chi connectivity index (χ2n) is 5.34. The lowest BCUT2D eigenvalue weighted by Gasteiger charge is -2.19. The topological polar surface area (TPSA) is 85.6 Å². The van der Waals surface area contributed by atoms with Gasteiger partial charge in [0.1, 0.15) is 12.7 Å². The van der Waals surface area contributed by atoms with Crippen LogP contribution in [-0.2, 0) is 6.54 Å². The second-order valence-corrected chi connectivity index (χ2v) is 6.12. The first-order valence-electron chi connectivity index (χ1n) is 7.80. The van der Waals surface area contributed by atoms with E-state index in [1.54, 1.807) is 23.4 Å². The van der Waals surface area contributed by atoms with Crippen LogP contribution >= 0.6 is 11.8 Å². The Morgan fingerprint density at radius 3 is 2.64 bits per heavy atom. The molecule has 2 aromatic heterocycles. The summed E-state index contributed by atoms with van der Waals surface area (Å²) in [6, 6.07) is 9.73. The van der Waals surface area contributed by atoms with E-state index in [0.717, 1.165) is 5.56 Å². The highest BCUT2D eigenvalue weighted by atomic mass is 32.2. The summed E-state index contributed by atoms with van der Waals surface area (Å²) in [4.78, 5) is 24.8. The van der Waals surface area contributed by atoms with Crippen molar-refractivity contribution < 1.29 is 4.79 Å². The maximum absolute atomic E-state index is 12.6. The Hall–Kier alpha value is -2.74. The summed E-state index contributed by atoms with van der Waals surface area (Å²) in [5, 5.41) is 7.81. The Bertz CT molecular complexity index is 792. The van der Waals surface area contributed by atoms with Crippen molar-refractivity contribution in [2.75, 3.05) is 6.26 Å². The van der Waals surface area contributed by atoms with Gasteiger partial charge in [-0.25, -0.2) is 15.0 Å². The lowest BCUT2D eigenvalue weighted by Crippen LogP contribution is -2.29. The summed E-state index contributed by atoms with van der Waals surface area (Å²) in [5.41, 5.74) is 1.48. The van der Waals surface area contributed by atoms with Crippen molar-refractivity contribution in [1.29, 1.82) is 0 Å². The fourth-order valence-electron chi connectivity index (χ4n) is 2.40. The highest BCUT2D eigenvalue weighted by molar-refractivity contribution is 7.98. The minimum atomic E-state index is -0.194. The van der Waals surface area contributed by atoms with Crippen molar-refractivity contribution in [3.63, 3.8) is 0 Å². The fourth-order valence-corrected chi connectivity index (χ4v) is 2.71. The Morgan fingerprint density at radius 2 is 2.00 bits per heavy atom. The molecule has 0 saturated carbocycles. The molecule has 0 saturated heterocycles. The van der Waals surface area contributed by atoms with Crippen molar-refractivity contribution in [1.82, 2.24) is 30.0 Å². The second kappa shape index (κ2) is 8.39. The van der Waals surface area contributed by atoms with E-state index in [0.29, 0.717) is 23.7 Å². The van der Waals surface area contributed by atoms with Crippen molar-refractivity contribution in [3.05, 3.63) is 66.5 Å². The molecule has 2 heterocycles.